The van der Waals surface area contributed by atoms with Crippen molar-refractivity contribution in [1.29, 1.82) is 0 Å². The highest BCUT2D eigenvalue weighted by Crippen LogP contribution is 2.24. The first-order chi connectivity index (χ1) is 9.10. The topological polar surface area (TPSA) is 64.3 Å². The van der Waals surface area contributed by atoms with Crippen LogP contribution in [-0.2, 0) is 4.74 Å². The Labute approximate surface area is 110 Å². The van der Waals surface area contributed by atoms with Crippen molar-refractivity contribution in [2.45, 2.75) is 0 Å². The highest BCUT2D eigenvalue weighted by Gasteiger charge is 2.12. The van der Waals surface area contributed by atoms with E-state index in [1.807, 2.05) is 0 Å². The van der Waals surface area contributed by atoms with Crippen LogP contribution in [0, 0.1) is 5.82 Å². The van der Waals surface area contributed by atoms with Crippen LogP contribution in [0.1, 0.15) is 10.4 Å². The molecule has 0 spiro atoms. The number of hydrogen-bond acceptors (Lipinski definition) is 4. The molecule has 5 heteroatoms. The summed E-state index contributed by atoms with van der Waals surface area (Å²) >= 11 is 0. The molecule has 0 atom stereocenters. The lowest BCUT2D eigenvalue weighted by molar-refractivity contribution is 0.0602. The summed E-state index contributed by atoms with van der Waals surface area (Å²) in [6.07, 6.45) is 0. The van der Waals surface area contributed by atoms with Gasteiger partial charge in [0.2, 0.25) is 0 Å². The molecule has 19 heavy (non-hydrogen) atoms. The first-order valence-electron chi connectivity index (χ1n) is 5.60. The van der Waals surface area contributed by atoms with Gasteiger partial charge in [0.05, 0.1) is 18.4 Å². The first-order valence-corrected chi connectivity index (χ1v) is 5.60. The SMILES string of the molecule is COC(=O)c1cc(N)ccc1Nc1ccc(F)cc1. The van der Waals surface area contributed by atoms with E-state index in [9.17, 15) is 9.18 Å². The van der Waals surface area contributed by atoms with Crippen molar-refractivity contribution in [2.24, 2.45) is 0 Å². The van der Waals surface area contributed by atoms with Gasteiger partial charge in [-0.2, -0.15) is 0 Å². The number of nitrogens with two attached hydrogens (primary N) is 1. The third-order valence-corrected chi connectivity index (χ3v) is 2.57. The molecule has 2 aromatic rings. The molecule has 0 radical (unpaired) electrons. The summed E-state index contributed by atoms with van der Waals surface area (Å²) in [5, 5.41) is 3.02. The Bertz CT molecular complexity index is 597. The standard InChI is InChI=1S/C14H13FN2O2/c1-19-14(18)12-8-10(16)4-7-13(12)17-11-5-2-9(15)3-6-11/h2-8,17H,16H2,1H3. The van der Waals surface area contributed by atoms with Crippen molar-refractivity contribution in [3.05, 3.63) is 53.8 Å². The van der Waals surface area contributed by atoms with Gasteiger partial charge in [-0.05, 0) is 42.5 Å². The molecule has 0 bridgehead atoms. The van der Waals surface area contributed by atoms with Crippen molar-refractivity contribution in [1.82, 2.24) is 0 Å². The zero-order valence-corrected chi connectivity index (χ0v) is 10.3. The van der Waals surface area contributed by atoms with Gasteiger partial charge in [-0.15, -0.1) is 0 Å². The molecule has 98 valence electrons. The first kappa shape index (κ1) is 12.9. The predicted octanol–water partition coefficient (Wildman–Crippen LogP) is 2.94. The third kappa shape index (κ3) is 3.01. The van der Waals surface area contributed by atoms with Crippen LogP contribution in [0.4, 0.5) is 21.5 Å². The minimum absolute atomic E-state index is 0.323. The molecular formula is C14H13FN2O2. The molecule has 0 heterocycles. The fraction of sp³-hybridized carbons (Fsp3) is 0.0714. The molecule has 2 rings (SSSR count). The Morgan fingerprint density at radius 3 is 2.53 bits per heavy atom. The molecule has 0 aliphatic rings. The lowest BCUT2D eigenvalue weighted by Gasteiger charge is -2.11. The summed E-state index contributed by atoms with van der Waals surface area (Å²) in [7, 11) is 1.30. The van der Waals surface area contributed by atoms with E-state index in [2.05, 4.69) is 5.32 Å². The van der Waals surface area contributed by atoms with Gasteiger partial charge in [-0.3, -0.25) is 0 Å². The molecule has 0 fully saturated rings. The van der Waals surface area contributed by atoms with E-state index < -0.39 is 5.97 Å². The van der Waals surface area contributed by atoms with Crippen molar-refractivity contribution >= 4 is 23.0 Å². The van der Waals surface area contributed by atoms with Crippen LogP contribution >= 0.6 is 0 Å². The molecule has 0 aliphatic carbocycles. The van der Waals surface area contributed by atoms with Crippen LogP contribution in [0.2, 0.25) is 0 Å². The number of benzene rings is 2. The van der Waals surface area contributed by atoms with E-state index >= 15 is 0 Å². The minimum Gasteiger partial charge on any atom is -0.465 e. The summed E-state index contributed by atoms with van der Waals surface area (Å²) in [5.41, 5.74) is 7.65. The number of methoxy groups -OCH3 is 1. The lowest BCUT2D eigenvalue weighted by Crippen LogP contribution is -2.06. The Kier molecular flexibility index (Phi) is 3.66. The van der Waals surface area contributed by atoms with Crippen molar-refractivity contribution < 1.29 is 13.9 Å². The van der Waals surface area contributed by atoms with Crippen molar-refractivity contribution in [2.75, 3.05) is 18.2 Å². The Morgan fingerprint density at radius 2 is 1.89 bits per heavy atom. The van der Waals surface area contributed by atoms with E-state index in [4.69, 9.17) is 10.5 Å². The number of nitrogens with one attached hydrogen (secondary N) is 1. The molecule has 0 saturated carbocycles. The number of rotatable bonds is 3. The normalized spacial score (nSPS) is 10.0. The van der Waals surface area contributed by atoms with Crippen LogP contribution in [0.3, 0.4) is 0 Å². The Hall–Kier alpha value is -2.56. The van der Waals surface area contributed by atoms with Crippen LogP contribution in [0.25, 0.3) is 0 Å². The van der Waals surface area contributed by atoms with E-state index in [0.29, 0.717) is 22.6 Å². The number of esters is 1. The average Bonchev–Trinajstić information content (AvgIpc) is 2.42. The fourth-order valence-electron chi connectivity index (χ4n) is 1.64. The van der Waals surface area contributed by atoms with Gasteiger partial charge in [0.1, 0.15) is 5.82 Å². The van der Waals surface area contributed by atoms with Crippen molar-refractivity contribution in [3.63, 3.8) is 0 Å². The average molecular weight is 260 g/mol. The third-order valence-electron chi connectivity index (χ3n) is 2.57. The second-order valence-electron chi connectivity index (χ2n) is 3.93. The number of anilines is 3. The summed E-state index contributed by atoms with van der Waals surface area (Å²) in [5.74, 6) is -0.812. The van der Waals surface area contributed by atoms with E-state index in [1.165, 1.54) is 25.3 Å². The number of nitrogen functional groups attached to an aromatic ring is 1. The number of halogens is 1. The molecule has 4 nitrogen and oxygen atoms in total. The van der Waals surface area contributed by atoms with Gasteiger partial charge in [0, 0.05) is 11.4 Å². The quantitative estimate of drug-likeness (QED) is 0.658. The number of carbonyl (C=O) groups excluding carboxylic acids is 1. The van der Waals surface area contributed by atoms with Gasteiger partial charge in [0.25, 0.3) is 0 Å². The highest BCUT2D eigenvalue weighted by atomic mass is 19.1. The second kappa shape index (κ2) is 5.39. The molecule has 0 saturated heterocycles. The zero-order chi connectivity index (χ0) is 13.8. The summed E-state index contributed by atoms with van der Waals surface area (Å²) in [6, 6.07) is 10.7. The van der Waals surface area contributed by atoms with Gasteiger partial charge >= 0.3 is 5.97 Å². The Balaban J connectivity index is 2.34. The maximum absolute atomic E-state index is 12.8. The molecule has 0 unspecified atom stereocenters. The molecule has 3 N–H and O–H groups in total. The van der Waals surface area contributed by atoms with Gasteiger partial charge in [-0.25, -0.2) is 9.18 Å². The highest BCUT2D eigenvalue weighted by molar-refractivity contribution is 5.97. The largest absolute Gasteiger partial charge is 0.465 e. The van der Waals surface area contributed by atoms with Crippen molar-refractivity contribution in [3.8, 4) is 0 Å². The van der Waals surface area contributed by atoms with Gasteiger partial charge in [0.15, 0.2) is 0 Å². The molecule has 0 aliphatic heterocycles. The van der Waals surface area contributed by atoms with Crippen LogP contribution in [0.15, 0.2) is 42.5 Å². The predicted molar refractivity (Wildman–Crippen MR) is 71.9 cm³/mol. The maximum atomic E-state index is 12.8. The van der Waals surface area contributed by atoms with Crippen LogP contribution < -0.4 is 11.1 Å². The molecule has 0 aromatic heterocycles. The minimum atomic E-state index is -0.489. The summed E-state index contributed by atoms with van der Waals surface area (Å²) < 4.78 is 17.5. The van der Waals surface area contributed by atoms with Gasteiger partial charge in [-0.1, -0.05) is 0 Å². The zero-order valence-electron chi connectivity index (χ0n) is 10.3. The molecule has 0 amide bonds. The number of carbonyl (C=O) groups is 1. The van der Waals surface area contributed by atoms with E-state index in [-0.39, 0.29) is 5.82 Å². The molecular weight excluding hydrogens is 247 g/mol. The number of ether oxygens (including phenoxy) is 1. The summed E-state index contributed by atoms with van der Waals surface area (Å²) in [4.78, 5) is 11.7. The van der Waals surface area contributed by atoms with Crippen LogP contribution in [0.5, 0.6) is 0 Å². The second-order valence-corrected chi connectivity index (χ2v) is 3.93. The summed E-state index contributed by atoms with van der Waals surface area (Å²) in [6.45, 7) is 0. The van der Waals surface area contributed by atoms with Crippen LogP contribution in [-0.4, -0.2) is 13.1 Å². The Morgan fingerprint density at radius 1 is 1.21 bits per heavy atom. The number of hydrogen-bond donors (Lipinski definition) is 2. The fourth-order valence-corrected chi connectivity index (χ4v) is 1.64. The molecule has 2 aromatic carbocycles. The maximum Gasteiger partial charge on any atom is 0.340 e. The van der Waals surface area contributed by atoms with E-state index in [0.717, 1.165) is 0 Å². The lowest BCUT2D eigenvalue weighted by atomic mass is 10.1. The van der Waals surface area contributed by atoms with Gasteiger partial charge < -0.3 is 15.8 Å². The van der Waals surface area contributed by atoms with E-state index in [1.54, 1.807) is 24.3 Å². The smallest absolute Gasteiger partial charge is 0.340 e. The monoisotopic (exact) mass is 260 g/mol.